The molecule has 1 aliphatic heterocycles. The fraction of sp³-hybridized carbons (Fsp3) is 0.462. The number of nitrogens with two attached hydrogens (primary N) is 1. The average Bonchev–Trinajstić information content (AvgIpc) is 2.38. The maximum absolute atomic E-state index is 12.6. The van der Waals surface area contributed by atoms with Gasteiger partial charge in [0, 0.05) is 23.5 Å². The molecule has 0 spiro atoms. The highest BCUT2D eigenvalue weighted by atomic mass is 79.9. The van der Waals surface area contributed by atoms with Crippen LogP contribution >= 0.6 is 15.9 Å². The first-order valence-corrected chi connectivity index (χ1v) is 8.61. The molecule has 1 heterocycles. The normalized spacial score (nSPS) is 18.1. The van der Waals surface area contributed by atoms with Crippen LogP contribution in [0.3, 0.4) is 0 Å². The van der Waals surface area contributed by atoms with Gasteiger partial charge in [-0.3, -0.25) is 4.79 Å². The van der Waals surface area contributed by atoms with E-state index < -0.39 is 10.0 Å². The molecule has 1 aromatic rings. The third-order valence-electron chi connectivity index (χ3n) is 3.56. The summed E-state index contributed by atoms with van der Waals surface area (Å²) in [6, 6.07) is 5.16. The zero-order chi connectivity index (χ0) is 14.9. The molecule has 7 heteroatoms. The quantitative estimate of drug-likeness (QED) is 0.889. The van der Waals surface area contributed by atoms with E-state index in [4.69, 9.17) is 5.73 Å². The molecule has 2 N–H and O–H groups in total. The van der Waals surface area contributed by atoms with Crippen LogP contribution in [-0.2, 0) is 14.8 Å². The van der Waals surface area contributed by atoms with Crippen LogP contribution in [0.4, 0.5) is 0 Å². The number of primary amides is 1. The van der Waals surface area contributed by atoms with Gasteiger partial charge in [-0.1, -0.05) is 6.07 Å². The van der Waals surface area contributed by atoms with Crippen LogP contribution in [0.2, 0.25) is 0 Å². The van der Waals surface area contributed by atoms with Gasteiger partial charge in [0.15, 0.2) is 0 Å². The minimum Gasteiger partial charge on any atom is -0.369 e. The number of piperidine rings is 1. The predicted molar refractivity (Wildman–Crippen MR) is 79.6 cm³/mol. The smallest absolute Gasteiger partial charge is 0.244 e. The summed E-state index contributed by atoms with van der Waals surface area (Å²) >= 11 is 3.30. The first-order valence-electron chi connectivity index (χ1n) is 6.38. The zero-order valence-corrected chi connectivity index (χ0v) is 13.6. The second kappa shape index (κ2) is 5.83. The molecule has 0 saturated carbocycles. The van der Waals surface area contributed by atoms with Gasteiger partial charge in [0.1, 0.15) is 0 Å². The Balaban J connectivity index is 2.22. The number of hydrogen-bond acceptors (Lipinski definition) is 3. The predicted octanol–water partition coefficient (Wildman–Crippen LogP) is 1.64. The molecule has 0 aliphatic carbocycles. The number of rotatable bonds is 3. The van der Waals surface area contributed by atoms with Crippen molar-refractivity contribution in [2.24, 2.45) is 11.7 Å². The molecule has 1 aliphatic rings. The SMILES string of the molecule is Cc1ccc(S(=O)(=O)N2CCC(C(N)=O)CC2)c(Br)c1. The van der Waals surface area contributed by atoms with Crippen molar-refractivity contribution >= 4 is 31.9 Å². The van der Waals surface area contributed by atoms with E-state index in [1.165, 1.54) is 4.31 Å². The Morgan fingerprint density at radius 1 is 1.35 bits per heavy atom. The molecule has 5 nitrogen and oxygen atoms in total. The third-order valence-corrected chi connectivity index (χ3v) is 6.44. The number of benzene rings is 1. The van der Waals surface area contributed by atoms with Crippen molar-refractivity contribution in [3.8, 4) is 0 Å². The van der Waals surface area contributed by atoms with Gasteiger partial charge in [-0.15, -0.1) is 0 Å². The number of hydrogen-bond donors (Lipinski definition) is 1. The van der Waals surface area contributed by atoms with Crippen molar-refractivity contribution in [1.82, 2.24) is 4.31 Å². The van der Waals surface area contributed by atoms with E-state index in [0.717, 1.165) is 5.56 Å². The molecule has 1 fully saturated rings. The lowest BCUT2D eigenvalue weighted by atomic mass is 9.98. The topological polar surface area (TPSA) is 80.5 Å². The molecule has 0 radical (unpaired) electrons. The van der Waals surface area contributed by atoms with Gasteiger partial charge < -0.3 is 5.73 Å². The summed E-state index contributed by atoms with van der Waals surface area (Å²) in [7, 11) is -3.52. The molecule has 0 unspecified atom stereocenters. The van der Waals surface area contributed by atoms with E-state index in [2.05, 4.69) is 15.9 Å². The fourth-order valence-electron chi connectivity index (χ4n) is 2.33. The van der Waals surface area contributed by atoms with E-state index in [0.29, 0.717) is 30.4 Å². The van der Waals surface area contributed by atoms with E-state index in [9.17, 15) is 13.2 Å². The molecule has 110 valence electrons. The van der Waals surface area contributed by atoms with Gasteiger partial charge in [-0.2, -0.15) is 4.31 Å². The van der Waals surface area contributed by atoms with Crippen LogP contribution in [0.25, 0.3) is 0 Å². The molecule has 0 atom stereocenters. The van der Waals surface area contributed by atoms with Crippen molar-refractivity contribution in [3.63, 3.8) is 0 Å². The largest absolute Gasteiger partial charge is 0.369 e. The number of nitrogens with zero attached hydrogens (tertiary/aromatic N) is 1. The Bertz CT molecular complexity index is 623. The van der Waals surface area contributed by atoms with Gasteiger partial charge in [0.2, 0.25) is 15.9 Å². The summed E-state index contributed by atoms with van der Waals surface area (Å²) in [5, 5.41) is 0. The maximum atomic E-state index is 12.6. The summed E-state index contributed by atoms with van der Waals surface area (Å²) in [6.45, 7) is 2.56. The van der Waals surface area contributed by atoms with Crippen LogP contribution in [0.15, 0.2) is 27.6 Å². The Kier molecular flexibility index (Phi) is 4.51. The van der Waals surface area contributed by atoms with Crippen LogP contribution in [0.5, 0.6) is 0 Å². The number of halogens is 1. The lowest BCUT2D eigenvalue weighted by molar-refractivity contribution is -0.122. The first kappa shape index (κ1) is 15.5. The minimum atomic E-state index is -3.52. The summed E-state index contributed by atoms with van der Waals surface area (Å²) in [5.41, 5.74) is 6.25. The van der Waals surface area contributed by atoms with Crippen LogP contribution in [0.1, 0.15) is 18.4 Å². The molecule has 2 rings (SSSR count). The molecule has 1 amide bonds. The minimum absolute atomic E-state index is 0.220. The molecule has 1 saturated heterocycles. The molecule has 20 heavy (non-hydrogen) atoms. The number of amides is 1. The Labute approximate surface area is 127 Å². The van der Waals surface area contributed by atoms with Crippen molar-refractivity contribution < 1.29 is 13.2 Å². The monoisotopic (exact) mass is 360 g/mol. The summed E-state index contributed by atoms with van der Waals surface area (Å²) in [4.78, 5) is 11.4. The molecular weight excluding hydrogens is 344 g/mol. The molecule has 0 bridgehead atoms. The summed E-state index contributed by atoms with van der Waals surface area (Å²) < 4.78 is 27.1. The summed E-state index contributed by atoms with van der Waals surface area (Å²) in [5.74, 6) is -0.568. The van der Waals surface area contributed by atoms with Gasteiger partial charge in [0.25, 0.3) is 0 Å². The highest BCUT2D eigenvalue weighted by Gasteiger charge is 2.32. The lowest BCUT2D eigenvalue weighted by Crippen LogP contribution is -2.41. The highest BCUT2D eigenvalue weighted by Crippen LogP contribution is 2.29. The zero-order valence-electron chi connectivity index (χ0n) is 11.2. The maximum Gasteiger partial charge on any atom is 0.244 e. The van der Waals surface area contributed by atoms with Crippen molar-refractivity contribution in [2.75, 3.05) is 13.1 Å². The number of aryl methyl sites for hydroxylation is 1. The number of carbonyl (C=O) groups is 1. The van der Waals surface area contributed by atoms with Crippen LogP contribution in [0, 0.1) is 12.8 Å². The first-order chi connectivity index (χ1) is 9.32. The van der Waals surface area contributed by atoms with Crippen LogP contribution in [-0.4, -0.2) is 31.7 Å². The second-order valence-electron chi connectivity index (χ2n) is 5.01. The van der Waals surface area contributed by atoms with Crippen LogP contribution < -0.4 is 5.73 Å². The average molecular weight is 361 g/mol. The van der Waals surface area contributed by atoms with Gasteiger partial charge in [-0.25, -0.2) is 8.42 Å². The molecular formula is C13H17BrN2O3S. The van der Waals surface area contributed by atoms with E-state index in [1.807, 2.05) is 6.92 Å². The van der Waals surface area contributed by atoms with E-state index in [-0.39, 0.29) is 16.7 Å². The summed E-state index contributed by atoms with van der Waals surface area (Å²) in [6.07, 6.45) is 0.968. The Morgan fingerprint density at radius 3 is 2.45 bits per heavy atom. The lowest BCUT2D eigenvalue weighted by Gasteiger charge is -2.30. The standard InChI is InChI=1S/C13H17BrN2O3S/c1-9-2-3-12(11(14)8-9)20(18,19)16-6-4-10(5-7-16)13(15)17/h2-3,8,10H,4-7H2,1H3,(H2,15,17). The van der Waals surface area contributed by atoms with Gasteiger partial charge in [0.05, 0.1) is 4.90 Å². The van der Waals surface area contributed by atoms with Crippen molar-refractivity contribution in [2.45, 2.75) is 24.7 Å². The van der Waals surface area contributed by atoms with E-state index in [1.54, 1.807) is 18.2 Å². The van der Waals surface area contributed by atoms with Gasteiger partial charge >= 0.3 is 0 Å². The third kappa shape index (κ3) is 3.05. The molecule has 1 aromatic carbocycles. The highest BCUT2D eigenvalue weighted by molar-refractivity contribution is 9.10. The fourth-order valence-corrected chi connectivity index (χ4v) is 4.96. The Hall–Kier alpha value is -0.920. The number of sulfonamides is 1. The second-order valence-corrected chi connectivity index (χ2v) is 7.78. The van der Waals surface area contributed by atoms with Gasteiger partial charge in [-0.05, 0) is 53.4 Å². The van der Waals surface area contributed by atoms with Crippen molar-refractivity contribution in [3.05, 3.63) is 28.2 Å². The van der Waals surface area contributed by atoms with E-state index >= 15 is 0 Å². The van der Waals surface area contributed by atoms with Crippen molar-refractivity contribution in [1.29, 1.82) is 0 Å². The molecule has 0 aromatic heterocycles. The Morgan fingerprint density at radius 2 is 1.95 bits per heavy atom. The number of carbonyl (C=O) groups excluding carboxylic acids is 1.